The van der Waals surface area contributed by atoms with Crippen LogP contribution in [0.5, 0.6) is 0 Å². The Morgan fingerprint density at radius 2 is 0.652 bits per heavy atom. The molecule has 0 radical (unpaired) electrons. The molecule has 0 fully saturated rings. The maximum Gasteiger partial charge on any atom is -0.00206 e. The first-order valence-corrected chi connectivity index (χ1v) is 16.1. The van der Waals surface area contributed by atoms with Crippen molar-refractivity contribution >= 4 is 86.2 Å². The van der Waals surface area contributed by atoms with E-state index in [1.165, 1.54) is 108 Å². The Labute approximate surface area is 265 Å². The summed E-state index contributed by atoms with van der Waals surface area (Å²) in [6.07, 6.45) is 0. The lowest BCUT2D eigenvalue weighted by Gasteiger charge is -2.16. The van der Waals surface area contributed by atoms with Crippen LogP contribution in [0, 0.1) is 0 Å². The summed E-state index contributed by atoms with van der Waals surface area (Å²) in [6.45, 7) is 0. The molecule has 0 heterocycles. The predicted molar refractivity (Wildman–Crippen MR) is 200 cm³/mol. The van der Waals surface area contributed by atoms with E-state index in [1.54, 1.807) is 0 Å². The second-order valence-corrected chi connectivity index (χ2v) is 12.8. The van der Waals surface area contributed by atoms with Gasteiger partial charge in [-0.25, -0.2) is 0 Å². The molecule has 0 unspecified atom stereocenters. The fourth-order valence-corrected chi connectivity index (χ4v) is 8.46. The molecule has 0 amide bonds. The minimum atomic E-state index is 1.26. The van der Waals surface area contributed by atoms with E-state index in [-0.39, 0.29) is 0 Å². The van der Waals surface area contributed by atoms with Gasteiger partial charge in [0.25, 0.3) is 0 Å². The van der Waals surface area contributed by atoms with E-state index in [1.807, 2.05) is 0 Å². The summed E-state index contributed by atoms with van der Waals surface area (Å²) in [7, 11) is 0. The molecule has 11 aromatic carbocycles. The third kappa shape index (κ3) is 3.18. The van der Waals surface area contributed by atoms with Crippen LogP contribution in [0.15, 0.2) is 158 Å². The Morgan fingerprint density at radius 3 is 1.30 bits per heavy atom. The van der Waals surface area contributed by atoms with Gasteiger partial charge in [0.1, 0.15) is 0 Å². The average molecular weight is 579 g/mol. The molecular weight excluding hydrogens is 553 g/mol. The zero-order chi connectivity index (χ0) is 29.9. The lowest BCUT2D eigenvalue weighted by Crippen LogP contribution is -1.89. The molecule has 0 nitrogen and oxygen atoms in total. The monoisotopic (exact) mass is 578 g/mol. The summed E-state index contributed by atoms with van der Waals surface area (Å²) in [6, 6.07) is 59.2. The van der Waals surface area contributed by atoms with Gasteiger partial charge in [-0.05, 0) is 114 Å². The minimum absolute atomic E-state index is 1.26. The van der Waals surface area contributed by atoms with Crippen LogP contribution >= 0.6 is 0 Å². The van der Waals surface area contributed by atoms with Crippen molar-refractivity contribution in [2.45, 2.75) is 0 Å². The van der Waals surface area contributed by atoms with Gasteiger partial charge in [0.05, 0.1) is 0 Å². The number of rotatable bonds is 2. The zero-order valence-electron chi connectivity index (χ0n) is 25.0. The second kappa shape index (κ2) is 8.81. The Bertz CT molecular complexity index is 2980. The van der Waals surface area contributed by atoms with E-state index in [4.69, 9.17) is 0 Å². The van der Waals surface area contributed by atoms with Crippen molar-refractivity contribution in [3.8, 4) is 22.3 Å². The van der Waals surface area contributed by atoms with Crippen molar-refractivity contribution in [2.24, 2.45) is 0 Å². The van der Waals surface area contributed by atoms with Gasteiger partial charge in [0.15, 0.2) is 0 Å². The van der Waals surface area contributed by atoms with E-state index in [2.05, 4.69) is 158 Å². The lowest BCUT2D eigenvalue weighted by molar-refractivity contribution is 1.69. The normalized spacial score (nSPS) is 12.3. The molecular formula is C46H26. The Hall–Kier alpha value is -5.98. The molecule has 0 aliphatic rings. The van der Waals surface area contributed by atoms with Crippen LogP contribution in [-0.2, 0) is 0 Å². The third-order valence-electron chi connectivity index (χ3n) is 10.5. The third-order valence-corrected chi connectivity index (χ3v) is 10.5. The van der Waals surface area contributed by atoms with Crippen molar-refractivity contribution in [1.82, 2.24) is 0 Å². The standard InChI is InChI=1S/C46H26/c1-4-27-10-12-31-14-20-36(41-24-16-29(6-1)43(27)45(31)41)34-18-21-35-33(26-34)19-23-39-37(35)8-3-9-38(39)40-22-15-32-13-11-28-5-2-7-30-17-25-42(40)46(32)44(28)30/h1-26H. The fraction of sp³-hybridized carbons (Fsp3) is 0. The van der Waals surface area contributed by atoms with Gasteiger partial charge in [0.2, 0.25) is 0 Å². The molecule has 11 aromatic rings. The topological polar surface area (TPSA) is 0 Å². The van der Waals surface area contributed by atoms with Crippen LogP contribution in [0.2, 0.25) is 0 Å². The van der Waals surface area contributed by atoms with E-state index < -0.39 is 0 Å². The van der Waals surface area contributed by atoms with Crippen LogP contribution in [0.4, 0.5) is 0 Å². The van der Waals surface area contributed by atoms with Crippen LogP contribution in [0.25, 0.3) is 108 Å². The molecule has 0 spiro atoms. The highest BCUT2D eigenvalue weighted by atomic mass is 14.2. The summed E-state index contributed by atoms with van der Waals surface area (Å²) in [5.74, 6) is 0. The van der Waals surface area contributed by atoms with Gasteiger partial charge in [0, 0.05) is 0 Å². The molecule has 0 N–H and O–H groups in total. The average Bonchev–Trinajstić information content (AvgIpc) is 3.12. The quantitative estimate of drug-likeness (QED) is 0.179. The van der Waals surface area contributed by atoms with Gasteiger partial charge < -0.3 is 0 Å². The highest BCUT2D eigenvalue weighted by Gasteiger charge is 2.16. The summed E-state index contributed by atoms with van der Waals surface area (Å²) >= 11 is 0. The number of hydrogen-bond acceptors (Lipinski definition) is 0. The molecule has 0 aliphatic heterocycles. The molecule has 0 saturated heterocycles. The summed E-state index contributed by atoms with van der Waals surface area (Å²) in [4.78, 5) is 0. The first-order chi connectivity index (χ1) is 22.8. The summed E-state index contributed by atoms with van der Waals surface area (Å²) < 4.78 is 0. The first-order valence-electron chi connectivity index (χ1n) is 16.1. The van der Waals surface area contributed by atoms with Crippen LogP contribution < -0.4 is 0 Å². The van der Waals surface area contributed by atoms with Crippen molar-refractivity contribution in [1.29, 1.82) is 0 Å². The second-order valence-electron chi connectivity index (χ2n) is 12.8. The van der Waals surface area contributed by atoms with Gasteiger partial charge >= 0.3 is 0 Å². The van der Waals surface area contributed by atoms with Crippen molar-refractivity contribution in [3.63, 3.8) is 0 Å². The minimum Gasteiger partial charge on any atom is -0.0610 e. The Kier molecular flexibility index (Phi) is 4.66. The first kappa shape index (κ1) is 24.4. The van der Waals surface area contributed by atoms with Gasteiger partial charge in [-0.1, -0.05) is 152 Å². The van der Waals surface area contributed by atoms with Crippen molar-refractivity contribution < 1.29 is 0 Å². The fourth-order valence-electron chi connectivity index (χ4n) is 8.46. The molecule has 0 saturated carbocycles. The van der Waals surface area contributed by atoms with Gasteiger partial charge in [-0.2, -0.15) is 0 Å². The zero-order valence-corrected chi connectivity index (χ0v) is 25.0. The number of hydrogen-bond donors (Lipinski definition) is 0. The maximum atomic E-state index is 2.38. The van der Waals surface area contributed by atoms with Crippen LogP contribution in [0.3, 0.4) is 0 Å². The van der Waals surface area contributed by atoms with Gasteiger partial charge in [-0.3, -0.25) is 0 Å². The van der Waals surface area contributed by atoms with Crippen LogP contribution in [-0.4, -0.2) is 0 Å². The summed E-state index contributed by atoms with van der Waals surface area (Å²) in [5.41, 5.74) is 5.12. The molecule has 0 aliphatic carbocycles. The SMILES string of the molecule is c1cc2ccc3ccc(-c4ccc5c(ccc6c(-c7ccc8ccc9cccc%10ccc7c8c9%10)cccc65)c4)c4ccc(c1)c2c34. The molecule has 0 bridgehead atoms. The van der Waals surface area contributed by atoms with E-state index in [9.17, 15) is 0 Å². The highest BCUT2D eigenvalue weighted by molar-refractivity contribution is 6.27. The van der Waals surface area contributed by atoms with E-state index >= 15 is 0 Å². The molecule has 11 rings (SSSR count). The van der Waals surface area contributed by atoms with Crippen molar-refractivity contribution in [2.75, 3.05) is 0 Å². The van der Waals surface area contributed by atoms with E-state index in [0.29, 0.717) is 0 Å². The molecule has 0 heteroatoms. The summed E-state index contributed by atoms with van der Waals surface area (Å²) in [5, 5.41) is 21.1. The number of fused-ring (bicyclic) bond motifs is 3. The molecule has 46 heavy (non-hydrogen) atoms. The Balaban J connectivity index is 1.12. The number of benzene rings is 11. The highest BCUT2D eigenvalue weighted by Crippen LogP contribution is 2.43. The largest absolute Gasteiger partial charge is 0.0610 e. The van der Waals surface area contributed by atoms with Crippen LogP contribution in [0.1, 0.15) is 0 Å². The maximum absolute atomic E-state index is 2.38. The molecule has 210 valence electrons. The molecule has 0 atom stereocenters. The Morgan fingerprint density at radius 1 is 0.217 bits per heavy atom. The van der Waals surface area contributed by atoms with Crippen molar-refractivity contribution in [3.05, 3.63) is 158 Å². The lowest BCUT2D eigenvalue weighted by atomic mass is 9.87. The van der Waals surface area contributed by atoms with E-state index in [0.717, 1.165) is 0 Å². The predicted octanol–water partition coefficient (Wildman–Crippen LogP) is 13.1. The molecule has 0 aromatic heterocycles. The van der Waals surface area contributed by atoms with Gasteiger partial charge in [-0.15, -0.1) is 0 Å². The smallest absolute Gasteiger partial charge is 0.00206 e.